The fourth-order valence-electron chi connectivity index (χ4n) is 3.10. The van der Waals surface area contributed by atoms with Crippen molar-refractivity contribution in [3.63, 3.8) is 0 Å². The van der Waals surface area contributed by atoms with Gasteiger partial charge in [-0.2, -0.15) is 0 Å². The summed E-state index contributed by atoms with van der Waals surface area (Å²) < 4.78 is 11.3. The van der Waals surface area contributed by atoms with Crippen molar-refractivity contribution in [3.05, 3.63) is 0 Å². The van der Waals surface area contributed by atoms with E-state index in [0.717, 1.165) is 6.42 Å². The Balaban J connectivity index is 2.06. The summed E-state index contributed by atoms with van der Waals surface area (Å²) in [4.78, 5) is 24.9. The maximum atomic E-state index is 12.4. The zero-order valence-electron chi connectivity index (χ0n) is 13.4. The zero-order chi connectivity index (χ0) is 16.8. The number of hydrogen-bond donors (Lipinski definition) is 3. The first-order valence-electron chi connectivity index (χ1n) is 8.18. The number of carboxylic acid groups (broad SMARTS) is 1. The van der Waals surface area contributed by atoms with E-state index < -0.39 is 12.1 Å². The zero-order valence-corrected chi connectivity index (χ0v) is 13.4. The van der Waals surface area contributed by atoms with Crippen molar-refractivity contribution in [2.75, 3.05) is 26.3 Å². The van der Waals surface area contributed by atoms with E-state index in [4.69, 9.17) is 14.6 Å². The van der Waals surface area contributed by atoms with E-state index in [9.17, 15) is 14.7 Å². The molecule has 2 aliphatic heterocycles. The third kappa shape index (κ3) is 5.05. The number of amides is 2. The minimum Gasteiger partial charge on any atom is -0.481 e. The number of nitrogens with one attached hydrogen (secondary N) is 1. The molecule has 4 atom stereocenters. The van der Waals surface area contributed by atoms with Gasteiger partial charge in [-0.3, -0.25) is 4.79 Å². The maximum Gasteiger partial charge on any atom is 0.317 e. The van der Waals surface area contributed by atoms with Crippen LogP contribution in [-0.4, -0.2) is 77.8 Å². The number of aliphatic hydroxyl groups excluding tert-OH is 1. The Morgan fingerprint density at radius 3 is 2.78 bits per heavy atom. The minimum absolute atomic E-state index is 0.0477. The second kappa shape index (κ2) is 8.47. The van der Waals surface area contributed by atoms with E-state index in [2.05, 4.69) is 5.32 Å². The van der Waals surface area contributed by atoms with Crippen LogP contribution in [0.3, 0.4) is 0 Å². The maximum absolute atomic E-state index is 12.4. The van der Waals surface area contributed by atoms with Gasteiger partial charge in [0.1, 0.15) is 6.10 Å². The fourth-order valence-corrected chi connectivity index (χ4v) is 3.10. The molecule has 2 saturated heterocycles. The minimum atomic E-state index is -0.895. The molecule has 0 aromatic carbocycles. The summed E-state index contributed by atoms with van der Waals surface area (Å²) in [5.41, 5.74) is 0. The average molecular weight is 330 g/mol. The van der Waals surface area contributed by atoms with Crippen molar-refractivity contribution in [2.24, 2.45) is 0 Å². The third-order valence-corrected chi connectivity index (χ3v) is 4.17. The van der Waals surface area contributed by atoms with Crippen LogP contribution in [0.15, 0.2) is 0 Å². The molecule has 0 unspecified atom stereocenters. The summed E-state index contributed by atoms with van der Waals surface area (Å²) in [6, 6.07) is -0.435. The number of urea groups is 1. The lowest BCUT2D eigenvalue weighted by Crippen LogP contribution is -2.59. The second-order valence-corrected chi connectivity index (χ2v) is 6.11. The summed E-state index contributed by atoms with van der Waals surface area (Å²) in [6.07, 6.45) is 0.527. The molecule has 2 aliphatic rings. The van der Waals surface area contributed by atoms with E-state index in [0.29, 0.717) is 19.4 Å². The highest BCUT2D eigenvalue weighted by atomic mass is 16.5. The molecular formula is C15H26N2O6. The fraction of sp³-hybridized carbons (Fsp3) is 0.867. The number of ether oxygens (including phenoxy) is 2. The van der Waals surface area contributed by atoms with E-state index >= 15 is 0 Å². The quantitative estimate of drug-likeness (QED) is 0.679. The van der Waals surface area contributed by atoms with Gasteiger partial charge >= 0.3 is 12.0 Å². The molecule has 0 aliphatic carbocycles. The number of carboxylic acids is 1. The number of fused-ring (bicyclic) bond motifs is 1. The number of hydrogen-bond acceptors (Lipinski definition) is 5. The van der Waals surface area contributed by atoms with Gasteiger partial charge in [-0.05, 0) is 19.3 Å². The first-order valence-corrected chi connectivity index (χ1v) is 8.18. The predicted octanol–water partition coefficient (Wildman–Crippen LogP) is 0.190. The van der Waals surface area contributed by atoms with Crippen molar-refractivity contribution >= 4 is 12.0 Å². The highest BCUT2D eigenvalue weighted by molar-refractivity contribution is 5.74. The molecule has 0 aromatic rings. The number of aliphatic carboxylic acids is 1. The van der Waals surface area contributed by atoms with Crippen LogP contribution in [0.1, 0.15) is 32.6 Å². The van der Waals surface area contributed by atoms with Crippen LogP contribution in [0.5, 0.6) is 0 Å². The summed E-state index contributed by atoms with van der Waals surface area (Å²) in [5, 5.41) is 21.7. The lowest BCUT2D eigenvalue weighted by molar-refractivity contribution is -0.157. The molecule has 0 radical (unpaired) electrons. The summed E-state index contributed by atoms with van der Waals surface area (Å²) in [7, 11) is 0. The van der Waals surface area contributed by atoms with Crippen molar-refractivity contribution in [1.29, 1.82) is 0 Å². The largest absolute Gasteiger partial charge is 0.481 e. The molecule has 2 rings (SSSR count). The molecule has 0 spiro atoms. The van der Waals surface area contributed by atoms with E-state index in [1.807, 2.05) is 6.92 Å². The molecule has 2 fully saturated rings. The van der Waals surface area contributed by atoms with Gasteiger partial charge in [-0.25, -0.2) is 4.79 Å². The van der Waals surface area contributed by atoms with E-state index in [1.165, 1.54) is 0 Å². The molecule has 0 saturated carbocycles. The van der Waals surface area contributed by atoms with Crippen LogP contribution in [-0.2, 0) is 14.3 Å². The molecule has 2 heterocycles. The molecule has 132 valence electrons. The van der Waals surface area contributed by atoms with E-state index in [1.54, 1.807) is 4.90 Å². The van der Waals surface area contributed by atoms with Crippen LogP contribution in [0.4, 0.5) is 4.79 Å². The number of nitrogens with zero attached hydrogens (tertiary/aromatic N) is 1. The standard InChI is InChI=1S/C15H26N2O6/c1-2-5-16-15(21)17-7-10(18)8-22-9-13-12(17)4-3-11(23-13)6-14(19)20/h10-13,18H,2-9H2,1H3,(H,16,21)(H,19,20)/t10-,11-,12-,13+/m1/s1. The Bertz CT molecular complexity index is 419. The molecule has 8 nitrogen and oxygen atoms in total. The van der Waals surface area contributed by atoms with Crippen LogP contribution >= 0.6 is 0 Å². The molecular weight excluding hydrogens is 304 g/mol. The summed E-state index contributed by atoms with van der Waals surface area (Å²) >= 11 is 0. The van der Waals surface area contributed by atoms with Gasteiger partial charge in [0, 0.05) is 6.54 Å². The Hall–Kier alpha value is -1.38. The average Bonchev–Trinajstić information content (AvgIpc) is 2.48. The van der Waals surface area contributed by atoms with Crippen molar-refractivity contribution in [1.82, 2.24) is 10.2 Å². The van der Waals surface area contributed by atoms with Crippen LogP contribution in [0.2, 0.25) is 0 Å². The highest BCUT2D eigenvalue weighted by Crippen LogP contribution is 2.27. The lowest BCUT2D eigenvalue weighted by atomic mass is 9.95. The normalized spacial score (nSPS) is 31.7. The van der Waals surface area contributed by atoms with Crippen molar-refractivity contribution in [3.8, 4) is 0 Å². The second-order valence-electron chi connectivity index (χ2n) is 6.11. The lowest BCUT2D eigenvalue weighted by Gasteiger charge is -2.44. The summed E-state index contributed by atoms with van der Waals surface area (Å²) in [6.45, 7) is 3.11. The van der Waals surface area contributed by atoms with Gasteiger partial charge in [0.2, 0.25) is 0 Å². The first-order chi connectivity index (χ1) is 11.0. The monoisotopic (exact) mass is 330 g/mol. The van der Waals surface area contributed by atoms with Gasteiger partial charge in [-0.15, -0.1) is 0 Å². The van der Waals surface area contributed by atoms with Gasteiger partial charge in [0.25, 0.3) is 0 Å². The Labute approximate surface area is 135 Å². The number of β-amino-alcohol motifs (C(OH)–C–C–N with tert-alkyl or cyclic N) is 1. The van der Waals surface area contributed by atoms with Crippen molar-refractivity contribution in [2.45, 2.75) is 57.0 Å². The van der Waals surface area contributed by atoms with Crippen molar-refractivity contribution < 1.29 is 29.3 Å². The Kier molecular flexibility index (Phi) is 6.61. The van der Waals surface area contributed by atoms with Crippen LogP contribution < -0.4 is 5.32 Å². The number of carbonyl (C=O) groups excluding carboxylic acids is 1. The third-order valence-electron chi connectivity index (χ3n) is 4.17. The Morgan fingerprint density at radius 1 is 1.30 bits per heavy atom. The molecule has 3 N–H and O–H groups in total. The molecule has 0 bridgehead atoms. The molecule has 8 heteroatoms. The molecule has 0 aromatic heterocycles. The van der Waals surface area contributed by atoms with Crippen LogP contribution in [0.25, 0.3) is 0 Å². The van der Waals surface area contributed by atoms with Crippen LogP contribution in [0, 0.1) is 0 Å². The smallest absolute Gasteiger partial charge is 0.317 e. The van der Waals surface area contributed by atoms with Gasteiger partial charge in [-0.1, -0.05) is 6.92 Å². The van der Waals surface area contributed by atoms with E-state index in [-0.39, 0.29) is 50.5 Å². The van der Waals surface area contributed by atoms with Gasteiger partial charge < -0.3 is 29.9 Å². The topological polar surface area (TPSA) is 108 Å². The SMILES string of the molecule is CCCNC(=O)N1C[C@@H](O)COC[C@@H]2O[C@@H](CC(=O)O)CC[C@H]21. The Morgan fingerprint density at radius 2 is 2.09 bits per heavy atom. The molecule has 23 heavy (non-hydrogen) atoms. The number of aliphatic hydroxyl groups is 1. The number of rotatable bonds is 4. The number of carbonyl (C=O) groups is 2. The first kappa shape index (κ1) is 18.0. The highest BCUT2D eigenvalue weighted by Gasteiger charge is 2.39. The summed E-state index contributed by atoms with van der Waals surface area (Å²) in [5.74, 6) is -0.895. The van der Waals surface area contributed by atoms with Gasteiger partial charge in [0.05, 0.1) is 44.4 Å². The predicted molar refractivity (Wildman–Crippen MR) is 81.2 cm³/mol. The molecule has 2 amide bonds. The van der Waals surface area contributed by atoms with Gasteiger partial charge in [0.15, 0.2) is 0 Å².